The van der Waals surface area contributed by atoms with Crippen LogP contribution in [0.3, 0.4) is 0 Å². The van der Waals surface area contributed by atoms with Crippen molar-refractivity contribution in [3.05, 3.63) is 51.3 Å². The van der Waals surface area contributed by atoms with E-state index in [0.29, 0.717) is 34.0 Å². The number of halogens is 1. The van der Waals surface area contributed by atoms with Gasteiger partial charge >= 0.3 is 11.9 Å². The average molecular weight is 420 g/mol. The highest BCUT2D eigenvalue weighted by atomic mass is 35.5. The molecule has 0 radical (unpaired) electrons. The van der Waals surface area contributed by atoms with Crippen LogP contribution in [-0.2, 0) is 20.7 Å². The van der Waals surface area contributed by atoms with E-state index in [1.54, 1.807) is 32.0 Å². The van der Waals surface area contributed by atoms with Gasteiger partial charge in [-0.3, -0.25) is 9.59 Å². The number of hydrogen-bond donors (Lipinski definition) is 1. The minimum atomic E-state index is -1.02. The van der Waals surface area contributed by atoms with E-state index in [-0.39, 0.29) is 12.3 Å². The first-order valence-corrected chi connectivity index (χ1v) is 9.54. The van der Waals surface area contributed by atoms with Crippen molar-refractivity contribution in [1.82, 2.24) is 4.98 Å². The quantitative estimate of drug-likeness (QED) is 0.589. The number of nitrogens with one attached hydrogen (secondary N) is 1. The first-order valence-electron chi connectivity index (χ1n) is 9.16. The number of ketones is 1. The van der Waals surface area contributed by atoms with Gasteiger partial charge in [-0.1, -0.05) is 11.6 Å². The highest BCUT2D eigenvalue weighted by molar-refractivity contribution is 6.30. The number of aryl methyl sites for hydroxylation is 1. The third kappa shape index (κ3) is 4.15. The molecule has 0 fully saturated rings. The van der Waals surface area contributed by atoms with Crippen LogP contribution in [0.1, 0.15) is 44.6 Å². The molecule has 154 valence electrons. The van der Waals surface area contributed by atoms with Crippen molar-refractivity contribution in [2.45, 2.75) is 33.3 Å². The molecule has 0 spiro atoms. The lowest BCUT2D eigenvalue weighted by Crippen LogP contribution is -2.34. The summed E-state index contributed by atoms with van der Waals surface area (Å²) in [6.07, 6.45) is -0.603. The molecule has 0 aliphatic carbocycles. The summed E-state index contributed by atoms with van der Waals surface area (Å²) in [5.41, 5.74) is 2.34. The second-order valence-electron chi connectivity index (χ2n) is 7.02. The number of benzene rings is 1. The Hall–Kier alpha value is -2.80. The number of H-pyrrole nitrogens is 1. The third-order valence-corrected chi connectivity index (χ3v) is 5.23. The molecule has 0 saturated heterocycles. The molecule has 0 saturated carbocycles. The molecule has 1 aromatic heterocycles. The van der Waals surface area contributed by atoms with E-state index in [0.717, 1.165) is 5.56 Å². The zero-order valence-electron chi connectivity index (χ0n) is 16.6. The maximum Gasteiger partial charge on any atom is 0.339 e. The molecule has 2 aromatic rings. The van der Waals surface area contributed by atoms with Crippen LogP contribution in [-0.4, -0.2) is 42.5 Å². The second-order valence-corrected chi connectivity index (χ2v) is 7.46. The van der Waals surface area contributed by atoms with Crippen molar-refractivity contribution < 1.29 is 28.6 Å². The summed E-state index contributed by atoms with van der Waals surface area (Å²) in [6, 6.07) is 5.24. The maximum atomic E-state index is 12.8. The number of aromatic nitrogens is 1. The number of fused-ring (bicyclic) bond motifs is 1. The highest BCUT2D eigenvalue weighted by Gasteiger charge is 2.32. The molecule has 0 amide bonds. The van der Waals surface area contributed by atoms with Crippen molar-refractivity contribution in [2.24, 2.45) is 5.92 Å². The summed E-state index contributed by atoms with van der Waals surface area (Å²) in [4.78, 5) is 40.2. The molecular weight excluding hydrogens is 398 g/mol. The number of ether oxygens (including phenoxy) is 3. The Morgan fingerprint density at radius 2 is 2.00 bits per heavy atom. The molecule has 1 aromatic carbocycles. The summed E-state index contributed by atoms with van der Waals surface area (Å²) < 4.78 is 15.8. The van der Waals surface area contributed by atoms with E-state index < -0.39 is 29.7 Å². The number of rotatable bonds is 5. The molecular formula is C21H22ClNO6. The van der Waals surface area contributed by atoms with Gasteiger partial charge in [0.05, 0.1) is 24.3 Å². The topological polar surface area (TPSA) is 94.7 Å². The van der Waals surface area contributed by atoms with Crippen molar-refractivity contribution in [3.8, 4) is 5.75 Å². The lowest BCUT2D eigenvalue weighted by Gasteiger charge is -2.25. The monoisotopic (exact) mass is 419 g/mol. The molecule has 1 aliphatic rings. The first-order chi connectivity index (χ1) is 13.7. The molecule has 8 heteroatoms. The Morgan fingerprint density at radius 1 is 1.28 bits per heavy atom. The lowest BCUT2D eigenvalue weighted by molar-refractivity contribution is -0.152. The zero-order chi connectivity index (χ0) is 21.3. The van der Waals surface area contributed by atoms with Gasteiger partial charge in [0.15, 0.2) is 6.10 Å². The normalized spacial score (nSPS) is 16.4. The van der Waals surface area contributed by atoms with Crippen LogP contribution in [0.15, 0.2) is 18.2 Å². The van der Waals surface area contributed by atoms with Gasteiger partial charge in [-0.15, -0.1) is 0 Å². The summed E-state index contributed by atoms with van der Waals surface area (Å²) in [5, 5.41) is 0.559. The van der Waals surface area contributed by atoms with Gasteiger partial charge in [0.2, 0.25) is 5.78 Å². The second kappa shape index (κ2) is 8.29. The number of methoxy groups -OCH3 is 1. The number of hydrogen-bond acceptors (Lipinski definition) is 6. The zero-order valence-corrected chi connectivity index (χ0v) is 17.4. The van der Waals surface area contributed by atoms with Gasteiger partial charge in [-0.25, -0.2) is 4.79 Å². The van der Waals surface area contributed by atoms with Gasteiger partial charge in [0, 0.05) is 10.7 Å². The molecule has 0 bridgehead atoms. The lowest BCUT2D eigenvalue weighted by atomic mass is 9.97. The predicted octanol–water partition coefficient (Wildman–Crippen LogP) is 3.44. The van der Waals surface area contributed by atoms with E-state index in [9.17, 15) is 14.4 Å². The van der Waals surface area contributed by atoms with Crippen LogP contribution in [0.25, 0.3) is 0 Å². The Morgan fingerprint density at radius 3 is 2.69 bits per heavy atom. The van der Waals surface area contributed by atoms with Gasteiger partial charge in [-0.05, 0) is 56.5 Å². The van der Waals surface area contributed by atoms with Gasteiger partial charge in [0.25, 0.3) is 0 Å². The molecule has 2 heterocycles. The smallest absolute Gasteiger partial charge is 0.339 e. The van der Waals surface area contributed by atoms with Crippen molar-refractivity contribution in [3.63, 3.8) is 0 Å². The van der Waals surface area contributed by atoms with Gasteiger partial charge in [0.1, 0.15) is 12.4 Å². The minimum Gasteiger partial charge on any atom is -0.492 e. The fraction of sp³-hybridized carbons (Fsp3) is 0.381. The summed E-state index contributed by atoms with van der Waals surface area (Å²) in [5.74, 6) is -1.32. The molecule has 7 nitrogen and oxygen atoms in total. The molecule has 3 rings (SSSR count). The molecule has 2 atom stereocenters. The third-order valence-electron chi connectivity index (χ3n) is 5.00. The SMILES string of the molecule is COC(=O)c1c(C)[nH]c(C(=O)[C@@H](C)OC(=O)[C@@H]2COc3ccc(Cl)cc3C2)c1C. The maximum absolute atomic E-state index is 12.8. The van der Waals surface area contributed by atoms with E-state index in [1.807, 2.05) is 0 Å². The molecule has 1 N–H and O–H groups in total. The summed E-state index contributed by atoms with van der Waals surface area (Å²) >= 11 is 6.01. The van der Waals surface area contributed by atoms with E-state index in [1.165, 1.54) is 14.0 Å². The Kier molecular flexibility index (Phi) is 5.98. The Labute approximate surface area is 173 Å². The minimum absolute atomic E-state index is 0.168. The first kappa shape index (κ1) is 20.9. The Balaban J connectivity index is 1.70. The largest absolute Gasteiger partial charge is 0.492 e. The molecule has 1 aliphatic heterocycles. The number of carbonyl (C=O) groups excluding carboxylic acids is 3. The van der Waals surface area contributed by atoms with Crippen LogP contribution in [0.5, 0.6) is 5.75 Å². The van der Waals surface area contributed by atoms with Crippen LogP contribution < -0.4 is 4.74 Å². The number of Topliss-reactive ketones (excluding diaryl/α,β-unsaturated/α-hetero) is 1. The number of aromatic amines is 1. The van der Waals surface area contributed by atoms with E-state index in [2.05, 4.69) is 4.98 Å². The van der Waals surface area contributed by atoms with Crippen LogP contribution in [0, 0.1) is 19.8 Å². The fourth-order valence-corrected chi connectivity index (χ4v) is 3.64. The standard InChI is InChI=1S/C21H22ClNO6/c1-10-17(21(26)27-4)11(2)23-18(10)19(24)12(3)29-20(25)14-7-13-8-15(22)5-6-16(13)28-9-14/h5-6,8,12,14,23H,7,9H2,1-4H3/t12-,14+/m1/s1. The van der Waals surface area contributed by atoms with Crippen molar-refractivity contribution in [2.75, 3.05) is 13.7 Å². The number of esters is 2. The van der Waals surface area contributed by atoms with Crippen LogP contribution in [0.2, 0.25) is 5.02 Å². The van der Waals surface area contributed by atoms with Gasteiger partial charge in [-0.2, -0.15) is 0 Å². The summed E-state index contributed by atoms with van der Waals surface area (Å²) in [7, 11) is 1.28. The number of carbonyl (C=O) groups is 3. The molecule has 29 heavy (non-hydrogen) atoms. The fourth-order valence-electron chi connectivity index (χ4n) is 3.45. The van der Waals surface area contributed by atoms with Gasteiger partial charge < -0.3 is 19.2 Å². The van der Waals surface area contributed by atoms with Crippen LogP contribution >= 0.6 is 11.6 Å². The summed E-state index contributed by atoms with van der Waals surface area (Å²) in [6.45, 7) is 4.99. The van der Waals surface area contributed by atoms with Crippen molar-refractivity contribution >= 4 is 29.3 Å². The van der Waals surface area contributed by atoms with Crippen LogP contribution in [0.4, 0.5) is 0 Å². The van der Waals surface area contributed by atoms with Crippen molar-refractivity contribution in [1.29, 1.82) is 0 Å². The highest BCUT2D eigenvalue weighted by Crippen LogP contribution is 2.30. The van der Waals surface area contributed by atoms with E-state index in [4.69, 9.17) is 25.8 Å². The predicted molar refractivity (Wildman–Crippen MR) is 106 cm³/mol. The van der Waals surface area contributed by atoms with E-state index >= 15 is 0 Å². The Bertz CT molecular complexity index is 980. The average Bonchev–Trinajstić information content (AvgIpc) is 3.00. The molecule has 0 unspecified atom stereocenters.